The second-order valence-corrected chi connectivity index (χ2v) is 5.07. The number of hydrogen-bond acceptors (Lipinski definition) is 4. The minimum Gasteiger partial charge on any atom is -0.445 e. The van der Waals surface area contributed by atoms with Crippen molar-refractivity contribution in [3.05, 3.63) is 65.7 Å². The number of carbonyl (C=O) groups is 1. The third-order valence-corrected chi connectivity index (χ3v) is 3.21. The largest absolute Gasteiger partial charge is 0.445 e. The van der Waals surface area contributed by atoms with Crippen LogP contribution in [-0.4, -0.2) is 12.6 Å². The van der Waals surface area contributed by atoms with Crippen molar-refractivity contribution in [1.82, 2.24) is 5.32 Å². The Morgan fingerprint density at radius 3 is 2.61 bits per heavy atom. The predicted octanol–water partition coefficient (Wildman–Crippen LogP) is 3.18. The van der Waals surface area contributed by atoms with Crippen LogP contribution < -0.4 is 16.8 Å². The fourth-order valence-electron chi connectivity index (χ4n) is 1.95. The molecule has 5 heteroatoms. The normalized spacial score (nSPS) is 10.6. The molecule has 0 aliphatic carbocycles. The molecule has 0 radical (unpaired) electrons. The van der Waals surface area contributed by atoms with Crippen molar-refractivity contribution in [2.75, 3.05) is 18.0 Å². The molecule has 0 heterocycles. The number of hydrogen-bond donors (Lipinski definition) is 3. The number of carbonyl (C=O) groups excluding carboxylic acids is 1. The van der Waals surface area contributed by atoms with Gasteiger partial charge in [0.15, 0.2) is 0 Å². The number of ether oxygens (including phenoxy) is 1. The Kier molecular flexibility index (Phi) is 6.06. The van der Waals surface area contributed by atoms with E-state index in [1.54, 1.807) is 6.07 Å². The second kappa shape index (κ2) is 8.48. The molecule has 0 unspecified atom stereocenters. The van der Waals surface area contributed by atoms with Crippen LogP contribution in [0.1, 0.15) is 17.5 Å². The molecule has 120 valence electrons. The van der Waals surface area contributed by atoms with Gasteiger partial charge in [0.25, 0.3) is 0 Å². The Balaban J connectivity index is 1.65. The van der Waals surface area contributed by atoms with Crippen molar-refractivity contribution in [1.29, 1.82) is 0 Å². The van der Waals surface area contributed by atoms with Crippen LogP contribution in [0.3, 0.4) is 0 Å². The van der Waals surface area contributed by atoms with Crippen molar-refractivity contribution in [2.24, 2.45) is 0 Å². The number of rotatable bonds is 6. The molecule has 0 saturated heterocycles. The third-order valence-electron chi connectivity index (χ3n) is 3.21. The van der Waals surface area contributed by atoms with E-state index in [0.717, 1.165) is 11.1 Å². The minimum absolute atomic E-state index is 0.271. The van der Waals surface area contributed by atoms with Crippen molar-refractivity contribution in [3.63, 3.8) is 0 Å². The van der Waals surface area contributed by atoms with E-state index in [4.69, 9.17) is 16.2 Å². The zero-order valence-corrected chi connectivity index (χ0v) is 12.9. The van der Waals surface area contributed by atoms with E-state index < -0.39 is 6.09 Å². The molecule has 0 atom stereocenters. The lowest BCUT2D eigenvalue weighted by Gasteiger charge is -2.06. The van der Waals surface area contributed by atoms with Crippen LogP contribution in [0.4, 0.5) is 16.2 Å². The molecular weight excluding hydrogens is 290 g/mol. The lowest BCUT2D eigenvalue weighted by atomic mass is 10.1. The Labute approximate surface area is 135 Å². The molecule has 5 nitrogen and oxygen atoms in total. The van der Waals surface area contributed by atoms with Gasteiger partial charge in [0.1, 0.15) is 6.61 Å². The summed E-state index contributed by atoms with van der Waals surface area (Å²) in [5.74, 6) is 0. The second-order valence-electron chi connectivity index (χ2n) is 5.07. The number of nitrogens with one attached hydrogen (secondary N) is 1. The summed E-state index contributed by atoms with van der Waals surface area (Å²) in [6.07, 6.45) is 4.18. The van der Waals surface area contributed by atoms with Gasteiger partial charge in [-0.25, -0.2) is 4.79 Å². The first-order valence-corrected chi connectivity index (χ1v) is 7.41. The molecule has 2 rings (SSSR count). The summed E-state index contributed by atoms with van der Waals surface area (Å²) in [5, 5.41) is 2.70. The predicted molar refractivity (Wildman–Crippen MR) is 93.5 cm³/mol. The van der Waals surface area contributed by atoms with Crippen LogP contribution in [0, 0.1) is 0 Å². The number of nitrogens with two attached hydrogens (primary N) is 2. The van der Waals surface area contributed by atoms with Crippen molar-refractivity contribution in [3.8, 4) is 0 Å². The fourth-order valence-corrected chi connectivity index (χ4v) is 1.95. The maximum atomic E-state index is 11.5. The molecule has 23 heavy (non-hydrogen) atoms. The molecule has 2 aromatic rings. The van der Waals surface area contributed by atoms with Gasteiger partial charge in [0.05, 0.1) is 11.4 Å². The Morgan fingerprint density at radius 2 is 1.87 bits per heavy atom. The van der Waals surface area contributed by atoms with Gasteiger partial charge in [-0.2, -0.15) is 0 Å². The highest BCUT2D eigenvalue weighted by molar-refractivity contribution is 5.68. The summed E-state index contributed by atoms with van der Waals surface area (Å²) in [5.41, 5.74) is 14.5. The Hall–Kier alpha value is -2.95. The van der Waals surface area contributed by atoms with Crippen LogP contribution in [-0.2, 0) is 11.3 Å². The van der Waals surface area contributed by atoms with Gasteiger partial charge in [0, 0.05) is 6.54 Å². The van der Waals surface area contributed by atoms with Crippen LogP contribution >= 0.6 is 0 Å². The zero-order chi connectivity index (χ0) is 16.5. The van der Waals surface area contributed by atoms with Gasteiger partial charge in [-0.3, -0.25) is 0 Å². The molecule has 0 bridgehead atoms. The van der Waals surface area contributed by atoms with Crippen LogP contribution in [0.2, 0.25) is 0 Å². The molecule has 0 aliphatic heterocycles. The maximum absolute atomic E-state index is 11.5. The molecule has 0 aromatic heterocycles. The Bertz CT molecular complexity index is 669. The highest BCUT2D eigenvalue weighted by atomic mass is 16.5. The van der Waals surface area contributed by atoms with Crippen LogP contribution in [0.25, 0.3) is 6.08 Å². The number of amides is 1. The van der Waals surface area contributed by atoms with E-state index in [9.17, 15) is 4.79 Å². The van der Waals surface area contributed by atoms with E-state index in [0.29, 0.717) is 24.3 Å². The van der Waals surface area contributed by atoms with Crippen molar-refractivity contribution < 1.29 is 9.53 Å². The molecule has 2 aromatic carbocycles. The Morgan fingerprint density at radius 1 is 1.09 bits per heavy atom. The average Bonchev–Trinajstić information content (AvgIpc) is 2.57. The quantitative estimate of drug-likeness (QED) is 0.564. The van der Waals surface area contributed by atoms with E-state index in [-0.39, 0.29) is 6.61 Å². The molecular formula is C18H21N3O2. The van der Waals surface area contributed by atoms with E-state index >= 15 is 0 Å². The average molecular weight is 311 g/mol. The molecule has 5 N–H and O–H groups in total. The molecule has 0 aliphatic rings. The van der Waals surface area contributed by atoms with Gasteiger partial charge in [-0.05, 0) is 29.7 Å². The summed E-state index contributed by atoms with van der Waals surface area (Å²) in [4.78, 5) is 11.5. The van der Waals surface area contributed by atoms with Crippen LogP contribution in [0.5, 0.6) is 0 Å². The van der Waals surface area contributed by atoms with E-state index in [1.165, 1.54) is 0 Å². The summed E-state index contributed by atoms with van der Waals surface area (Å²) in [7, 11) is 0. The van der Waals surface area contributed by atoms with Crippen LogP contribution in [0.15, 0.2) is 54.6 Å². The zero-order valence-electron chi connectivity index (χ0n) is 12.9. The summed E-state index contributed by atoms with van der Waals surface area (Å²) < 4.78 is 5.12. The summed E-state index contributed by atoms with van der Waals surface area (Å²) in [6.45, 7) is 0.780. The first kappa shape index (κ1) is 16.4. The fraction of sp³-hybridized carbons (Fsp3) is 0.167. The molecule has 0 fully saturated rings. The van der Waals surface area contributed by atoms with Crippen molar-refractivity contribution >= 4 is 23.5 Å². The van der Waals surface area contributed by atoms with Gasteiger partial charge in [-0.15, -0.1) is 0 Å². The van der Waals surface area contributed by atoms with E-state index in [1.807, 2.05) is 54.6 Å². The van der Waals surface area contributed by atoms with E-state index in [2.05, 4.69) is 5.32 Å². The minimum atomic E-state index is -0.418. The standard InChI is InChI=1S/C18H21N3O2/c19-16-10-9-14(12-17(16)20)6-4-5-11-21-18(22)23-13-15-7-2-1-3-8-15/h1-4,6-10,12H,5,11,13,19-20H2,(H,21,22). The number of alkyl carbamates (subject to hydrolysis) is 1. The lowest BCUT2D eigenvalue weighted by molar-refractivity contribution is 0.140. The first-order valence-electron chi connectivity index (χ1n) is 7.41. The summed E-state index contributed by atoms with van der Waals surface area (Å²) >= 11 is 0. The number of nitrogen functional groups attached to an aromatic ring is 2. The van der Waals surface area contributed by atoms with Gasteiger partial charge in [-0.1, -0.05) is 48.6 Å². The first-order chi connectivity index (χ1) is 11.1. The van der Waals surface area contributed by atoms with Gasteiger partial charge >= 0.3 is 6.09 Å². The SMILES string of the molecule is Nc1ccc(C=CCCNC(=O)OCc2ccccc2)cc1N. The molecule has 0 saturated carbocycles. The molecule has 0 spiro atoms. The summed E-state index contributed by atoms with van der Waals surface area (Å²) in [6, 6.07) is 15.0. The van der Waals surface area contributed by atoms with Gasteiger partial charge < -0.3 is 21.5 Å². The molecule has 1 amide bonds. The smallest absolute Gasteiger partial charge is 0.407 e. The highest BCUT2D eigenvalue weighted by Crippen LogP contribution is 2.16. The number of benzene rings is 2. The number of anilines is 2. The van der Waals surface area contributed by atoms with Crippen molar-refractivity contribution in [2.45, 2.75) is 13.0 Å². The topological polar surface area (TPSA) is 90.4 Å². The lowest BCUT2D eigenvalue weighted by Crippen LogP contribution is -2.24. The highest BCUT2D eigenvalue weighted by Gasteiger charge is 2.00. The maximum Gasteiger partial charge on any atom is 0.407 e. The monoisotopic (exact) mass is 311 g/mol. The third kappa shape index (κ3) is 5.74. The van der Waals surface area contributed by atoms with Gasteiger partial charge in [0.2, 0.25) is 0 Å².